The number of hydrogen-bond donors (Lipinski definition) is 1. The Morgan fingerprint density at radius 3 is 1.83 bits per heavy atom. The SMILES string of the molecule is F.F.[CH3][Sn][c]1cccc(C(=O)NCCN(C)C)c1.[CH3][Sn][c]1cccc(C(=O)[O-])c1.[Na+]. The third-order valence-electron chi connectivity index (χ3n) is 3.64. The summed E-state index contributed by atoms with van der Waals surface area (Å²) in [5.74, 6) is -1.05. The van der Waals surface area contributed by atoms with Gasteiger partial charge in [0.05, 0.1) is 0 Å². The molecule has 0 bridgehead atoms. The molecule has 0 aromatic heterocycles. The molecule has 0 saturated carbocycles. The van der Waals surface area contributed by atoms with E-state index in [1.807, 2.05) is 38.4 Å². The van der Waals surface area contributed by atoms with Gasteiger partial charge in [-0.2, -0.15) is 0 Å². The number of nitrogens with zero attached hydrogens (tertiary/aromatic N) is 1. The van der Waals surface area contributed by atoms with Crippen LogP contribution in [0.1, 0.15) is 20.7 Å². The van der Waals surface area contributed by atoms with Crippen molar-refractivity contribution in [2.24, 2.45) is 0 Å². The van der Waals surface area contributed by atoms with Crippen LogP contribution >= 0.6 is 0 Å². The number of nitrogens with one attached hydrogen (secondary N) is 1. The maximum Gasteiger partial charge on any atom is 1.00 e. The van der Waals surface area contributed by atoms with Crippen LogP contribution in [0, 0.1) is 0 Å². The van der Waals surface area contributed by atoms with Gasteiger partial charge in [-0.3, -0.25) is 9.41 Å². The Labute approximate surface area is 219 Å². The number of carbonyl (C=O) groups excluding carboxylic acids is 2. The van der Waals surface area contributed by atoms with Gasteiger partial charge in [0.15, 0.2) is 0 Å². The number of likely N-dealkylation sites (N-methyl/N-ethyl adjacent to an activating group) is 1. The zero-order valence-corrected chi connectivity index (χ0v) is 25.7. The van der Waals surface area contributed by atoms with Gasteiger partial charge < -0.3 is 0 Å². The van der Waals surface area contributed by atoms with Gasteiger partial charge in [-0.15, -0.1) is 0 Å². The number of rotatable bonds is 7. The summed E-state index contributed by atoms with van der Waals surface area (Å²) in [7, 11) is 3.99. The predicted octanol–water partition coefficient (Wildman–Crippen LogP) is -2.91. The fraction of sp³-hybridized carbons (Fsp3) is 0.300. The molecule has 5 nitrogen and oxygen atoms in total. The summed E-state index contributed by atoms with van der Waals surface area (Å²) in [5.41, 5.74) is 1.09. The Kier molecular flexibility index (Phi) is 22.3. The van der Waals surface area contributed by atoms with Crippen molar-refractivity contribution < 1.29 is 53.7 Å². The van der Waals surface area contributed by atoms with E-state index in [-0.39, 0.29) is 44.9 Å². The van der Waals surface area contributed by atoms with Gasteiger partial charge in [-0.1, -0.05) is 0 Å². The fourth-order valence-electron chi connectivity index (χ4n) is 2.11. The number of carboxylic acids is 1. The molecule has 0 unspecified atom stereocenters. The first kappa shape index (κ1) is 34.4. The van der Waals surface area contributed by atoms with Crippen LogP contribution in [-0.4, -0.2) is 86.2 Å². The Hall–Kier alpha value is -0.203. The molecule has 10 heteroatoms. The van der Waals surface area contributed by atoms with Crippen molar-refractivity contribution in [2.75, 3.05) is 27.2 Å². The molecule has 0 aliphatic carbocycles. The maximum atomic E-state index is 11.8. The Morgan fingerprint density at radius 2 is 1.40 bits per heavy atom. The molecule has 1 amide bonds. The number of halogens is 2. The third kappa shape index (κ3) is 14.0. The predicted molar refractivity (Wildman–Crippen MR) is 116 cm³/mol. The fourth-order valence-corrected chi connectivity index (χ4v) is 5.32. The van der Waals surface area contributed by atoms with Crippen molar-refractivity contribution in [3.63, 3.8) is 0 Å². The standard InChI is InChI=1S/C11H15N2O.C7H5O2.2CH3.2FH.Na.2Sn/c1-13(2)9-8-12-11(14)10-6-4-3-5-7-10;8-7(9)6-4-2-1-3-5-6;;;;;;;/h3-4,6-7H,8-9H2,1-2H3,(H,12,14);1-2,4-5H,(H,8,9);2*1H3;2*1H;;;/q;;;;;;+1;;/p-1. The van der Waals surface area contributed by atoms with Crippen molar-refractivity contribution in [3.05, 3.63) is 59.7 Å². The third-order valence-corrected chi connectivity index (χ3v) is 8.72. The van der Waals surface area contributed by atoms with E-state index in [0.717, 1.165) is 12.1 Å². The first-order valence-corrected chi connectivity index (χ1v) is 17.1. The summed E-state index contributed by atoms with van der Waals surface area (Å²) in [6, 6.07) is 15.0. The molecule has 0 spiro atoms. The van der Waals surface area contributed by atoms with E-state index in [9.17, 15) is 14.7 Å². The first-order chi connectivity index (χ1) is 12.9. The summed E-state index contributed by atoms with van der Waals surface area (Å²) in [6.45, 7) is 1.57. The summed E-state index contributed by atoms with van der Waals surface area (Å²) in [6.07, 6.45) is 0. The molecule has 2 aromatic carbocycles. The second kappa shape index (κ2) is 19.5. The van der Waals surface area contributed by atoms with Crippen molar-refractivity contribution >= 4 is 61.3 Å². The van der Waals surface area contributed by atoms with Gasteiger partial charge in [0.2, 0.25) is 0 Å². The number of carboxylic acid groups (broad SMARTS) is 1. The Balaban J connectivity index is -0.000000465. The molecule has 0 saturated heterocycles. The van der Waals surface area contributed by atoms with Crippen LogP contribution < -0.4 is 47.1 Å². The van der Waals surface area contributed by atoms with Gasteiger partial charge >= 0.3 is 213 Å². The molecule has 0 atom stereocenters. The molecule has 1 N–H and O–H groups in total. The maximum absolute atomic E-state index is 11.8. The second-order valence-corrected chi connectivity index (χ2v) is 12.2. The molecule has 0 aliphatic rings. The first-order valence-electron chi connectivity index (χ1n) is 8.57. The van der Waals surface area contributed by atoms with Crippen LogP contribution in [0.25, 0.3) is 0 Å². The van der Waals surface area contributed by atoms with Gasteiger partial charge in [-0.05, 0) is 0 Å². The van der Waals surface area contributed by atoms with E-state index in [0.29, 0.717) is 12.1 Å². The smallest absolute Gasteiger partial charge is 1.00 e. The molecule has 0 fully saturated rings. The summed E-state index contributed by atoms with van der Waals surface area (Å²) in [5, 5.41) is 13.3. The summed E-state index contributed by atoms with van der Waals surface area (Å²) >= 11 is -0.938. The number of benzene rings is 2. The summed E-state index contributed by atoms with van der Waals surface area (Å²) < 4.78 is 2.55. The van der Waals surface area contributed by atoms with Crippen molar-refractivity contribution in [3.8, 4) is 0 Å². The molecule has 0 aliphatic heterocycles. The minimum atomic E-state index is -1.08. The van der Waals surface area contributed by atoms with Crippen LogP contribution in [0.15, 0.2) is 48.5 Å². The van der Waals surface area contributed by atoms with Crippen molar-refractivity contribution in [1.29, 1.82) is 0 Å². The van der Waals surface area contributed by atoms with Crippen LogP contribution in [0.3, 0.4) is 0 Å². The Morgan fingerprint density at radius 1 is 0.933 bits per heavy atom. The molecule has 0 heterocycles. The van der Waals surface area contributed by atoms with Crippen molar-refractivity contribution in [2.45, 2.75) is 9.88 Å². The monoisotopic (exact) mass is 644 g/mol. The zero-order chi connectivity index (χ0) is 20.2. The van der Waals surface area contributed by atoms with Crippen LogP contribution in [0.2, 0.25) is 9.88 Å². The number of carbonyl (C=O) groups is 2. The normalized spacial score (nSPS) is 9.10. The molecular formula is C20H27F2N2NaO3Sn2. The van der Waals surface area contributed by atoms with E-state index in [2.05, 4.69) is 26.2 Å². The van der Waals surface area contributed by atoms with Crippen LogP contribution in [-0.2, 0) is 0 Å². The van der Waals surface area contributed by atoms with Crippen LogP contribution in [0.5, 0.6) is 0 Å². The minimum Gasteiger partial charge on any atom is 1.00 e. The molecule has 2 aromatic rings. The summed E-state index contributed by atoms with van der Waals surface area (Å²) in [4.78, 5) is 28.6. The van der Waals surface area contributed by atoms with E-state index >= 15 is 0 Å². The molecule has 30 heavy (non-hydrogen) atoms. The van der Waals surface area contributed by atoms with E-state index in [1.54, 1.807) is 18.2 Å². The number of aromatic carboxylic acids is 1. The average molecular weight is 642 g/mol. The van der Waals surface area contributed by atoms with Gasteiger partial charge in [0, 0.05) is 0 Å². The van der Waals surface area contributed by atoms with E-state index < -0.39 is 48.3 Å². The van der Waals surface area contributed by atoms with Crippen LogP contribution in [0.4, 0.5) is 9.41 Å². The van der Waals surface area contributed by atoms with Gasteiger partial charge in [0.1, 0.15) is 0 Å². The quantitative estimate of drug-likeness (QED) is 0.330. The Bertz CT molecular complexity index is 768. The molecular weight excluding hydrogens is 615 g/mol. The van der Waals surface area contributed by atoms with Gasteiger partial charge in [0.25, 0.3) is 0 Å². The largest absolute Gasteiger partial charge is 1.00 e. The molecule has 4 radical (unpaired) electrons. The number of hydrogen-bond acceptors (Lipinski definition) is 4. The topological polar surface area (TPSA) is 72.5 Å². The van der Waals surface area contributed by atoms with E-state index in [4.69, 9.17) is 0 Å². The number of amides is 1. The van der Waals surface area contributed by atoms with Gasteiger partial charge in [-0.25, -0.2) is 0 Å². The second-order valence-electron chi connectivity index (χ2n) is 6.01. The molecule has 2 rings (SSSR count). The average Bonchev–Trinajstić information content (AvgIpc) is 2.68. The van der Waals surface area contributed by atoms with E-state index in [1.165, 1.54) is 7.16 Å². The minimum absolute atomic E-state index is 0. The van der Waals surface area contributed by atoms with Crippen molar-refractivity contribution in [1.82, 2.24) is 10.2 Å². The zero-order valence-electron chi connectivity index (χ0n) is 18.0. The molecule has 158 valence electrons.